The minimum absolute atomic E-state index is 0.436. The molecule has 1 atom stereocenters. The second-order valence-electron chi connectivity index (χ2n) is 5.08. The van der Waals surface area contributed by atoms with Crippen LogP contribution in [-0.2, 0) is 13.0 Å². The van der Waals surface area contributed by atoms with Crippen molar-refractivity contribution < 1.29 is 5.11 Å². The van der Waals surface area contributed by atoms with Gasteiger partial charge in [0.2, 0.25) is 0 Å². The molecule has 1 aromatic heterocycles. The van der Waals surface area contributed by atoms with Crippen LogP contribution in [0.1, 0.15) is 24.4 Å². The van der Waals surface area contributed by atoms with E-state index in [2.05, 4.69) is 21.4 Å². The Labute approximate surface area is 120 Å². The smallest absolute Gasteiger partial charge is 0.108 e. The highest BCUT2D eigenvalue weighted by molar-refractivity contribution is 5.17. The largest absolute Gasteiger partial charge is 0.387 e. The fraction of sp³-hybridized carbons (Fsp3) is 0.438. The van der Waals surface area contributed by atoms with Crippen molar-refractivity contribution in [1.29, 1.82) is 0 Å². The normalized spacial score (nSPS) is 12.8. The van der Waals surface area contributed by atoms with Gasteiger partial charge in [-0.05, 0) is 12.6 Å². The Morgan fingerprint density at radius 3 is 2.75 bits per heavy atom. The molecule has 0 unspecified atom stereocenters. The maximum atomic E-state index is 10.2. The Balaban J connectivity index is 1.82. The number of hydrogen-bond donors (Lipinski definition) is 1. The van der Waals surface area contributed by atoms with Crippen LogP contribution in [0, 0.1) is 0 Å². The lowest BCUT2D eigenvalue weighted by Crippen LogP contribution is -2.28. The summed E-state index contributed by atoms with van der Waals surface area (Å²) in [7, 11) is 2.04. The zero-order valence-electron chi connectivity index (χ0n) is 12.2. The van der Waals surface area contributed by atoms with Gasteiger partial charge < -0.3 is 14.6 Å². The minimum atomic E-state index is -0.436. The van der Waals surface area contributed by atoms with Crippen LogP contribution in [0.3, 0.4) is 0 Å². The third-order valence-electron chi connectivity index (χ3n) is 3.51. The van der Waals surface area contributed by atoms with E-state index in [1.165, 1.54) is 0 Å². The zero-order chi connectivity index (χ0) is 14.4. The molecule has 0 amide bonds. The number of nitrogens with zero attached hydrogens (tertiary/aromatic N) is 3. The molecular formula is C16H23N3O. The standard InChI is InChI=1S/C16H23N3O/c1-3-16-17-9-10-19(16)12-11-18(2)13-15(20)14-7-5-4-6-8-14/h4-10,15,20H,3,11-13H2,1-2H3/t15-/m0/s1. The van der Waals surface area contributed by atoms with Gasteiger partial charge in [-0.3, -0.25) is 0 Å². The van der Waals surface area contributed by atoms with Crippen LogP contribution in [-0.4, -0.2) is 39.7 Å². The molecule has 0 spiro atoms. The van der Waals surface area contributed by atoms with E-state index in [0.29, 0.717) is 6.54 Å². The van der Waals surface area contributed by atoms with Crippen LogP contribution in [0.15, 0.2) is 42.7 Å². The van der Waals surface area contributed by atoms with Gasteiger partial charge in [-0.1, -0.05) is 37.3 Å². The van der Waals surface area contributed by atoms with E-state index in [9.17, 15) is 5.11 Å². The number of aryl methyl sites for hydroxylation is 1. The molecule has 0 aliphatic rings. The monoisotopic (exact) mass is 273 g/mol. The predicted octanol–water partition coefficient (Wildman–Crippen LogP) is 2.11. The Morgan fingerprint density at radius 1 is 1.30 bits per heavy atom. The number of aliphatic hydroxyl groups is 1. The zero-order valence-corrected chi connectivity index (χ0v) is 12.2. The molecule has 0 bridgehead atoms. The van der Waals surface area contributed by atoms with Gasteiger partial charge in [0.25, 0.3) is 0 Å². The fourth-order valence-electron chi connectivity index (χ4n) is 2.30. The van der Waals surface area contributed by atoms with Crippen molar-refractivity contribution in [2.75, 3.05) is 20.1 Å². The van der Waals surface area contributed by atoms with E-state index in [-0.39, 0.29) is 0 Å². The van der Waals surface area contributed by atoms with Crippen molar-refractivity contribution in [2.45, 2.75) is 26.0 Å². The fourth-order valence-corrected chi connectivity index (χ4v) is 2.30. The first-order valence-corrected chi connectivity index (χ1v) is 7.12. The average molecular weight is 273 g/mol. The number of aliphatic hydroxyl groups excluding tert-OH is 1. The Kier molecular flexibility index (Phi) is 5.32. The van der Waals surface area contributed by atoms with E-state index in [4.69, 9.17) is 0 Å². The van der Waals surface area contributed by atoms with Crippen molar-refractivity contribution in [1.82, 2.24) is 14.5 Å². The first kappa shape index (κ1) is 14.8. The number of aromatic nitrogens is 2. The van der Waals surface area contributed by atoms with Crippen LogP contribution < -0.4 is 0 Å². The summed E-state index contributed by atoms with van der Waals surface area (Å²) in [6.07, 6.45) is 4.37. The molecule has 0 fully saturated rings. The molecule has 20 heavy (non-hydrogen) atoms. The van der Waals surface area contributed by atoms with Gasteiger partial charge in [-0.15, -0.1) is 0 Å². The SMILES string of the molecule is CCc1nccn1CCN(C)C[C@H](O)c1ccccc1. The second-order valence-corrected chi connectivity index (χ2v) is 5.08. The molecule has 0 aliphatic heterocycles. The summed E-state index contributed by atoms with van der Waals surface area (Å²) in [6.45, 7) is 4.55. The summed E-state index contributed by atoms with van der Waals surface area (Å²) < 4.78 is 2.17. The first-order chi connectivity index (χ1) is 9.70. The highest BCUT2D eigenvalue weighted by Crippen LogP contribution is 2.13. The van der Waals surface area contributed by atoms with Gasteiger partial charge in [0.15, 0.2) is 0 Å². The summed E-state index contributed by atoms with van der Waals surface area (Å²) in [5.41, 5.74) is 0.969. The highest BCUT2D eigenvalue weighted by Gasteiger charge is 2.10. The predicted molar refractivity (Wildman–Crippen MR) is 80.5 cm³/mol. The molecule has 108 valence electrons. The Bertz CT molecular complexity index is 509. The number of likely N-dealkylation sites (N-methyl/N-ethyl adjacent to an activating group) is 1. The van der Waals surface area contributed by atoms with Crippen molar-refractivity contribution in [3.05, 3.63) is 54.1 Å². The second kappa shape index (κ2) is 7.22. The highest BCUT2D eigenvalue weighted by atomic mass is 16.3. The van der Waals surface area contributed by atoms with Gasteiger partial charge >= 0.3 is 0 Å². The lowest BCUT2D eigenvalue weighted by Gasteiger charge is -2.21. The van der Waals surface area contributed by atoms with Crippen LogP contribution in [0.4, 0.5) is 0 Å². The molecular weight excluding hydrogens is 250 g/mol. The third-order valence-corrected chi connectivity index (χ3v) is 3.51. The number of hydrogen-bond acceptors (Lipinski definition) is 3. The molecule has 2 rings (SSSR count). The summed E-state index contributed by atoms with van der Waals surface area (Å²) in [5.74, 6) is 1.11. The molecule has 0 aliphatic carbocycles. The van der Waals surface area contributed by atoms with E-state index in [1.54, 1.807) is 0 Å². The van der Waals surface area contributed by atoms with E-state index in [0.717, 1.165) is 30.9 Å². The van der Waals surface area contributed by atoms with Crippen LogP contribution >= 0.6 is 0 Å². The molecule has 0 saturated heterocycles. The molecule has 1 aromatic carbocycles. The maximum absolute atomic E-state index is 10.2. The lowest BCUT2D eigenvalue weighted by molar-refractivity contribution is 0.125. The van der Waals surface area contributed by atoms with Crippen LogP contribution in [0.5, 0.6) is 0 Å². The average Bonchev–Trinajstić information content (AvgIpc) is 2.93. The number of imidazole rings is 1. The molecule has 1 N–H and O–H groups in total. The van der Waals surface area contributed by atoms with Gasteiger partial charge in [-0.25, -0.2) is 4.98 Å². The van der Waals surface area contributed by atoms with Gasteiger partial charge in [0, 0.05) is 38.4 Å². The molecule has 0 radical (unpaired) electrons. The van der Waals surface area contributed by atoms with E-state index >= 15 is 0 Å². The maximum Gasteiger partial charge on any atom is 0.108 e. The van der Waals surface area contributed by atoms with Crippen molar-refractivity contribution in [2.24, 2.45) is 0 Å². The Hall–Kier alpha value is -1.65. The van der Waals surface area contributed by atoms with Crippen LogP contribution in [0.25, 0.3) is 0 Å². The Morgan fingerprint density at radius 2 is 2.05 bits per heavy atom. The molecule has 4 heteroatoms. The lowest BCUT2D eigenvalue weighted by atomic mass is 10.1. The van der Waals surface area contributed by atoms with E-state index in [1.807, 2.05) is 49.8 Å². The minimum Gasteiger partial charge on any atom is -0.387 e. The summed E-state index contributed by atoms with van der Waals surface area (Å²) in [4.78, 5) is 6.47. The number of benzene rings is 1. The quantitative estimate of drug-likeness (QED) is 0.840. The molecule has 4 nitrogen and oxygen atoms in total. The van der Waals surface area contributed by atoms with Gasteiger partial charge in [0.05, 0.1) is 6.10 Å². The topological polar surface area (TPSA) is 41.3 Å². The van der Waals surface area contributed by atoms with Gasteiger partial charge in [-0.2, -0.15) is 0 Å². The summed E-state index contributed by atoms with van der Waals surface area (Å²) >= 11 is 0. The number of rotatable bonds is 7. The van der Waals surface area contributed by atoms with E-state index < -0.39 is 6.10 Å². The molecule has 0 saturated carbocycles. The molecule has 1 heterocycles. The van der Waals surface area contributed by atoms with Crippen molar-refractivity contribution in [3.63, 3.8) is 0 Å². The van der Waals surface area contributed by atoms with Gasteiger partial charge in [0.1, 0.15) is 5.82 Å². The first-order valence-electron chi connectivity index (χ1n) is 7.12. The third kappa shape index (κ3) is 3.92. The summed E-state index contributed by atoms with van der Waals surface area (Å²) in [6, 6.07) is 9.80. The molecule has 2 aromatic rings. The van der Waals surface area contributed by atoms with Crippen molar-refractivity contribution in [3.8, 4) is 0 Å². The van der Waals surface area contributed by atoms with Crippen LogP contribution in [0.2, 0.25) is 0 Å². The summed E-state index contributed by atoms with van der Waals surface area (Å²) in [5, 5.41) is 10.2. The van der Waals surface area contributed by atoms with Crippen molar-refractivity contribution >= 4 is 0 Å².